The van der Waals surface area contributed by atoms with E-state index in [9.17, 15) is 27.9 Å². The van der Waals surface area contributed by atoms with Crippen LogP contribution in [-0.2, 0) is 24.2 Å². The van der Waals surface area contributed by atoms with Crippen LogP contribution in [0.1, 0.15) is 28.4 Å². The smallest absolute Gasteiger partial charge is 0.328 e. The predicted molar refractivity (Wildman–Crippen MR) is 136 cm³/mol. The zero-order chi connectivity index (χ0) is 26.8. The minimum absolute atomic E-state index is 0.0812. The fourth-order valence-corrected chi connectivity index (χ4v) is 4.99. The number of carbonyl (C=O) groups is 3. The van der Waals surface area contributed by atoms with Gasteiger partial charge in [0, 0.05) is 5.56 Å². The first kappa shape index (κ1) is 27.6. The molecule has 0 aromatic heterocycles. The summed E-state index contributed by atoms with van der Waals surface area (Å²) in [5.74, 6) is -2.80. The zero-order valence-electron chi connectivity index (χ0n) is 20.1. The lowest BCUT2D eigenvalue weighted by Crippen LogP contribution is -2.50. The zero-order valence-corrected chi connectivity index (χ0v) is 20.9. The third-order valence-electron chi connectivity index (χ3n) is 5.65. The summed E-state index contributed by atoms with van der Waals surface area (Å²) in [6, 6.07) is 21.9. The van der Waals surface area contributed by atoms with E-state index in [1.807, 2.05) is 0 Å². The molecule has 0 radical (unpaired) electrons. The van der Waals surface area contributed by atoms with Gasteiger partial charge in [0.15, 0.2) is 15.9 Å². The van der Waals surface area contributed by atoms with Crippen LogP contribution in [0.2, 0.25) is 0 Å². The van der Waals surface area contributed by atoms with E-state index in [0.717, 1.165) is 7.11 Å². The summed E-state index contributed by atoms with van der Waals surface area (Å²) >= 11 is 0. The lowest BCUT2D eigenvalue weighted by atomic mass is 9.99. The van der Waals surface area contributed by atoms with Crippen molar-refractivity contribution in [2.45, 2.75) is 29.5 Å². The third kappa shape index (κ3) is 7.48. The molecule has 3 aromatic rings. The van der Waals surface area contributed by atoms with Crippen LogP contribution in [0.4, 0.5) is 0 Å². The van der Waals surface area contributed by atoms with Gasteiger partial charge in [-0.2, -0.15) is 0 Å². The molecule has 2 amide bonds. The van der Waals surface area contributed by atoms with Crippen molar-refractivity contribution in [2.75, 3.05) is 12.9 Å². The number of ether oxygens (including phenoxy) is 1. The van der Waals surface area contributed by atoms with Crippen LogP contribution in [-0.4, -0.2) is 56.3 Å². The van der Waals surface area contributed by atoms with Gasteiger partial charge in [-0.15, -0.1) is 0 Å². The van der Waals surface area contributed by atoms with Crippen molar-refractivity contribution in [2.24, 2.45) is 0 Å². The van der Waals surface area contributed by atoms with Crippen LogP contribution < -0.4 is 10.6 Å². The van der Waals surface area contributed by atoms with E-state index in [-0.39, 0.29) is 11.3 Å². The van der Waals surface area contributed by atoms with Gasteiger partial charge in [0.2, 0.25) is 0 Å². The van der Waals surface area contributed by atoms with Crippen molar-refractivity contribution in [3.63, 3.8) is 0 Å². The molecular weight excluding hydrogens is 496 g/mol. The third-order valence-corrected chi connectivity index (χ3v) is 7.41. The highest BCUT2D eigenvalue weighted by molar-refractivity contribution is 7.91. The van der Waals surface area contributed by atoms with Gasteiger partial charge in [-0.3, -0.25) is 9.59 Å². The Labute approximate surface area is 215 Å². The van der Waals surface area contributed by atoms with Crippen LogP contribution >= 0.6 is 0 Å². The fraction of sp³-hybridized carbons (Fsp3) is 0.222. The summed E-state index contributed by atoms with van der Waals surface area (Å²) in [5, 5.41) is 16.0. The number of methoxy groups -OCH3 is 1. The molecule has 10 heteroatoms. The molecule has 0 saturated carbocycles. The van der Waals surface area contributed by atoms with E-state index in [4.69, 9.17) is 4.74 Å². The number of nitrogens with one attached hydrogen (secondary N) is 2. The van der Waals surface area contributed by atoms with Crippen molar-refractivity contribution in [1.29, 1.82) is 0 Å². The Balaban J connectivity index is 1.77. The van der Waals surface area contributed by atoms with E-state index >= 15 is 0 Å². The molecule has 0 fully saturated rings. The quantitative estimate of drug-likeness (QED) is 0.326. The topological polar surface area (TPSA) is 139 Å². The van der Waals surface area contributed by atoms with Crippen LogP contribution in [0.15, 0.2) is 95.9 Å². The first-order valence-electron chi connectivity index (χ1n) is 11.5. The van der Waals surface area contributed by atoms with Crippen LogP contribution in [0.25, 0.3) is 0 Å². The molecule has 0 aliphatic carbocycles. The monoisotopic (exact) mass is 524 g/mol. The summed E-state index contributed by atoms with van der Waals surface area (Å²) in [5.41, 5.74) is 0.783. The van der Waals surface area contributed by atoms with E-state index in [1.165, 1.54) is 12.1 Å². The van der Waals surface area contributed by atoms with Gasteiger partial charge in [0.25, 0.3) is 11.8 Å². The number of carbonyl (C=O) groups excluding carboxylic acids is 3. The maximum Gasteiger partial charge on any atom is 0.328 e. The second-order valence-corrected chi connectivity index (χ2v) is 10.3. The lowest BCUT2D eigenvalue weighted by Gasteiger charge is -2.26. The van der Waals surface area contributed by atoms with Gasteiger partial charge < -0.3 is 20.5 Å². The number of sulfone groups is 1. The fourth-order valence-electron chi connectivity index (χ4n) is 3.64. The highest BCUT2D eigenvalue weighted by atomic mass is 32.2. The number of hydrogen-bond donors (Lipinski definition) is 3. The van der Waals surface area contributed by atoms with E-state index < -0.39 is 51.6 Å². The SMILES string of the molecule is COC(=O)[C@H](CCS(=O)(=O)c1ccccc1)NC(=O)[C@H](O)[C@@H](NC(=O)c1ccccc1)c1ccccc1. The second-order valence-electron chi connectivity index (χ2n) is 8.18. The summed E-state index contributed by atoms with van der Waals surface area (Å²) in [7, 11) is -2.63. The number of aliphatic hydroxyl groups is 1. The number of hydrogen-bond acceptors (Lipinski definition) is 7. The molecule has 3 N–H and O–H groups in total. The van der Waals surface area contributed by atoms with Crippen LogP contribution in [0.5, 0.6) is 0 Å². The highest BCUT2D eigenvalue weighted by Gasteiger charge is 2.33. The Bertz CT molecular complexity index is 1300. The summed E-state index contributed by atoms with van der Waals surface area (Å²) in [4.78, 5) is 38.2. The molecule has 0 spiro atoms. The first-order valence-corrected chi connectivity index (χ1v) is 13.1. The molecule has 9 nitrogen and oxygen atoms in total. The summed E-state index contributed by atoms with van der Waals surface area (Å²) in [6.45, 7) is 0. The van der Waals surface area contributed by atoms with Gasteiger partial charge in [0.05, 0.1) is 23.8 Å². The van der Waals surface area contributed by atoms with Gasteiger partial charge in [-0.1, -0.05) is 66.7 Å². The standard InChI is InChI=1S/C27H28N2O7S/c1-36-27(33)22(17-18-37(34,35)21-15-9-4-10-16-21)28-26(32)24(30)23(19-11-5-2-6-12-19)29-25(31)20-13-7-3-8-14-20/h2-16,22-24,30H,17-18H2,1H3,(H,28,32)(H,29,31)/t22-,23-,24+/m0/s1. The van der Waals surface area contributed by atoms with E-state index in [0.29, 0.717) is 11.1 Å². The minimum Gasteiger partial charge on any atom is -0.467 e. The van der Waals surface area contributed by atoms with Crippen molar-refractivity contribution in [3.05, 3.63) is 102 Å². The molecule has 0 bridgehead atoms. The molecule has 194 valence electrons. The van der Waals surface area contributed by atoms with Crippen LogP contribution in [0, 0.1) is 0 Å². The first-order chi connectivity index (χ1) is 17.7. The average Bonchev–Trinajstić information content (AvgIpc) is 2.94. The van der Waals surface area contributed by atoms with Crippen LogP contribution in [0.3, 0.4) is 0 Å². The lowest BCUT2D eigenvalue weighted by molar-refractivity contribution is -0.146. The van der Waals surface area contributed by atoms with Gasteiger partial charge in [-0.25, -0.2) is 13.2 Å². The molecule has 0 saturated heterocycles. The largest absolute Gasteiger partial charge is 0.467 e. The van der Waals surface area contributed by atoms with E-state index in [1.54, 1.807) is 78.9 Å². The van der Waals surface area contributed by atoms with Crippen molar-refractivity contribution < 1.29 is 32.6 Å². The van der Waals surface area contributed by atoms with Crippen molar-refractivity contribution >= 4 is 27.6 Å². The van der Waals surface area contributed by atoms with Crippen molar-refractivity contribution in [3.8, 4) is 0 Å². The number of aliphatic hydroxyl groups excluding tert-OH is 1. The molecule has 3 rings (SSSR count). The predicted octanol–water partition coefficient (Wildman–Crippen LogP) is 2.04. The number of esters is 1. The average molecular weight is 525 g/mol. The molecule has 0 aliphatic heterocycles. The molecular formula is C27H28N2O7S. The van der Waals surface area contributed by atoms with Crippen molar-refractivity contribution in [1.82, 2.24) is 10.6 Å². The van der Waals surface area contributed by atoms with Gasteiger partial charge in [0.1, 0.15) is 6.04 Å². The molecule has 0 aliphatic rings. The Morgan fingerprint density at radius 3 is 1.95 bits per heavy atom. The molecule has 3 aromatic carbocycles. The Hall–Kier alpha value is -4.02. The molecule has 0 unspecified atom stereocenters. The molecule has 0 heterocycles. The Morgan fingerprint density at radius 2 is 1.38 bits per heavy atom. The maximum atomic E-state index is 13.0. The molecule has 3 atom stereocenters. The Morgan fingerprint density at radius 1 is 0.838 bits per heavy atom. The minimum atomic E-state index is -3.74. The Kier molecular flexibility index (Phi) is 9.53. The van der Waals surface area contributed by atoms with Gasteiger partial charge in [-0.05, 0) is 36.2 Å². The number of benzene rings is 3. The number of amides is 2. The normalized spacial score (nSPS) is 13.6. The summed E-state index contributed by atoms with van der Waals surface area (Å²) in [6.07, 6.45) is -2.08. The number of rotatable bonds is 11. The van der Waals surface area contributed by atoms with Gasteiger partial charge >= 0.3 is 5.97 Å². The second kappa shape index (κ2) is 12.8. The highest BCUT2D eigenvalue weighted by Crippen LogP contribution is 2.19. The summed E-state index contributed by atoms with van der Waals surface area (Å²) < 4.78 is 30.0. The molecule has 37 heavy (non-hydrogen) atoms. The van der Waals surface area contributed by atoms with E-state index in [2.05, 4.69) is 10.6 Å². The maximum absolute atomic E-state index is 13.0.